The summed E-state index contributed by atoms with van der Waals surface area (Å²) in [5.74, 6) is -1.41. The maximum Gasteiger partial charge on any atom is 0.261 e. The van der Waals surface area contributed by atoms with Crippen LogP contribution in [0.4, 0.5) is 8.78 Å². The fourth-order valence-corrected chi connectivity index (χ4v) is 2.48. The molecule has 2 rings (SSSR count). The van der Waals surface area contributed by atoms with E-state index in [9.17, 15) is 17.2 Å². The van der Waals surface area contributed by atoms with Gasteiger partial charge in [-0.15, -0.1) is 0 Å². The van der Waals surface area contributed by atoms with Crippen LogP contribution in [0.1, 0.15) is 5.56 Å². The van der Waals surface area contributed by atoms with E-state index in [4.69, 9.17) is 0 Å². The zero-order valence-electron chi connectivity index (χ0n) is 9.68. The van der Waals surface area contributed by atoms with E-state index in [-0.39, 0.29) is 6.54 Å². The molecule has 1 N–H and O–H groups in total. The van der Waals surface area contributed by atoms with E-state index in [1.807, 2.05) is 0 Å². The molecular formula is C12H10F2N2O2S. The van der Waals surface area contributed by atoms with Crippen LogP contribution in [-0.2, 0) is 16.6 Å². The molecule has 0 aliphatic heterocycles. The van der Waals surface area contributed by atoms with Gasteiger partial charge in [-0.25, -0.2) is 26.9 Å². The molecule has 0 amide bonds. The molecule has 0 saturated heterocycles. The Kier molecular flexibility index (Phi) is 3.87. The van der Waals surface area contributed by atoms with Gasteiger partial charge in [0.25, 0.3) is 10.0 Å². The molecule has 0 saturated carbocycles. The van der Waals surface area contributed by atoms with Gasteiger partial charge in [-0.1, -0.05) is 12.1 Å². The van der Waals surface area contributed by atoms with Gasteiger partial charge in [0.1, 0.15) is 5.82 Å². The highest BCUT2D eigenvalue weighted by Crippen LogP contribution is 2.11. The van der Waals surface area contributed by atoms with E-state index in [2.05, 4.69) is 9.71 Å². The average Bonchev–Trinajstić information content (AvgIpc) is 2.37. The summed E-state index contributed by atoms with van der Waals surface area (Å²) in [5.41, 5.74) is 0.430. The summed E-state index contributed by atoms with van der Waals surface area (Å²) in [4.78, 5) is 3.48. The van der Waals surface area contributed by atoms with Crippen molar-refractivity contribution in [1.29, 1.82) is 0 Å². The fourth-order valence-electron chi connectivity index (χ4n) is 1.46. The van der Waals surface area contributed by atoms with Crippen LogP contribution in [0, 0.1) is 11.6 Å². The summed E-state index contributed by atoms with van der Waals surface area (Å²) >= 11 is 0. The minimum Gasteiger partial charge on any atom is -0.241 e. The van der Waals surface area contributed by atoms with Crippen molar-refractivity contribution in [3.63, 3.8) is 0 Å². The third kappa shape index (κ3) is 3.33. The number of sulfonamides is 1. The highest BCUT2D eigenvalue weighted by Gasteiger charge is 2.19. The smallest absolute Gasteiger partial charge is 0.241 e. The number of nitrogens with one attached hydrogen (secondary N) is 1. The predicted octanol–water partition coefficient (Wildman–Crippen LogP) is 1.84. The van der Waals surface area contributed by atoms with E-state index < -0.39 is 26.7 Å². The van der Waals surface area contributed by atoms with E-state index in [0.717, 1.165) is 6.07 Å². The molecule has 0 atom stereocenters. The summed E-state index contributed by atoms with van der Waals surface area (Å²) in [6.45, 7) is -0.143. The summed E-state index contributed by atoms with van der Waals surface area (Å²) in [6.07, 6.45) is 1.18. The zero-order chi connectivity index (χ0) is 13.9. The molecule has 0 fully saturated rings. The van der Waals surface area contributed by atoms with Crippen LogP contribution in [0.2, 0.25) is 0 Å². The molecule has 1 aromatic heterocycles. The Morgan fingerprint density at radius 2 is 1.95 bits per heavy atom. The molecule has 100 valence electrons. The Morgan fingerprint density at radius 3 is 2.63 bits per heavy atom. The van der Waals surface area contributed by atoms with Gasteiger partial charge >= 0.3 is 0 Å². The van der Waals surface area contributed by atoms with Crippen molar-refractivity contribution in [1.82, 2.24) is 9.71 Å². The van der Waals surface area contributed by atoms with Crippen molar-refractivity contribution in [2.24, 2.45) is 0 Å². The van der Waals surface area contributed by atoms with Crippen LogP contribution < -0.4 is 4.72 Å². The highest BCUT2D eigenvalue weighted by atomic mass is 32.2. The van der Waals surface area contributed by atoms with Crippen LogP contribution in [0.15, 0.2) is 47.6 Å². The predicted molar refractivity (Wildman–Crippen MR) is 64.6 cm³/mol. The van der Waals surface area contributed by atoms with Crippen LogP contribution in [0.25, 0.3) is 0 Å². The topological polar surface area (TPSA) is 59.1 Å². The minimum atomic E-state index is -4.06. The van der Waals surface area contributed by atoms with E-state index in [0.29, 0.717) is 5.56 Å². The molecule has 0 spiro atoms. The lowest BCUT2D eigenvalue weighted by Crippen LogP contribution is -2.25. The fraction of sp³-hybridized carbons (Fsp3) is 0.0833. The number of hydrogen-bond acceptors (Lipinski definition) is 3. The largest absolute Gasteiger partial charge is 0.261 e. The van der Waals surface area contributed by atoms with Gasteiger partial charge in [-0.2, -0.15) is 0 Å². The highest BCUT2D eigenvalue weighted by molar-refractivity contribution is 7.89. The lowest BCUT2D eigenvalue weighted by molar-refractivity contribution is 0.544. The molecule has 0 aliphatic carbocycles. The number of hydrogen-bond donors (Lipinski definition) is 1. The Bertz CT molecular complexity index is 690. The number of halogens is 2. The molecule has 7 heteroatoms. The quantitative estimate of drug-likeness (QED) is 0.932. The van der Waals surface area contributed by atoms with Crippen molar-refractivity contribution in [2.45, 2.75) is 11.6 Å². The molecule has 19 heavy (non-hydrogen) atoms. The van der Waals surface area contributed by atoms with Gasteiger partial charge in [0.2, 0.25) is 5.03 Å². The average molecular weight is 284 g/mol. The molecule has 1 heterocycles. The molecule has 2 aromatic rings. The number of pyridine rings is 1. The maximum absolute atomic E-state index is 13.3. The third-order valence-electron chi connectivity index (χ3n) is 2.33. The van der Waals surface area contributed by atoms with Crippen molar-refractivity contribution in [3.8, 4) is 0 Å². The first-order valence-electron chi connectivity index (χ1n) is 5.34. The van der Waals surface area contributed by atoms with E-state index in [1.165, 1.54) is 30.5 Å². The van der Waals surface area contributed by atoms with Crippen LogP contribution in [0.3, 0.4) is 0 Å². The molecule has 0 bridgehead atoms. The van der Waals surface area contributed by atoms with Gasteiger partial charge in [0.05, 0.1) is 0 Å². The van der Waals surface area contributed by atoms with Crippen molar-refractivity contribution in [2.75, 3.05) is 0 Å². The number of rotatable bonds is 4. The summed E-state index contributed by atoms with van der Waals surface area (Å²) < 4.78 is 52.0. The standard InChI is InChI=1S/C12H10F2N2O2S/c13-10-4-1-3-9(7-10)8-16-19(17,18)12-11(14)5-2-6-15-12/h1-7,16H,8H2. The van der Waals surface area contributed by atoms with E-state index in [1.54, 1.807) is 6.07 Å². The van der Waals surface area contributed by atoms with Crippen molar-refractivity contribution < 1.29 is 17.2 Å². The molecular weight excluding hydrogens is 274 g/mol. The second-order valence-corrected chi connectivity index (χ2v) is 5.43. The Labute approximate surface area is 109 Å². The second-order valence-electron chi connectivity index (χ2n) is 3.74. The van der Waals surface area contributed by atoms with Crippen LogP contribution >= 0.6 is 0 Å². The minimum absolute atomic E-state index is 0.143. The second kappa shape index (κ2) is 5.41. The van der Waals surface area contributed by atoms with Gasteiger partial charge in [0.15, 0.2) is 5.82 Å². The first kappa shape index (κ1) is 13.6. The maximum atomic E-state index is 13.3. The zero-order valence-corrected chi connectivity index (χ0v) is 10.5. The monoisotopic (exact) mass is 284 g/mol. The molecule has 4 nitrogen and oxygen atoms in total. The van der Waals surface area contributed by atoms with Gasteiger partial charge in [-0.3, -0.25) is 0 Å². The lowest BCUT2D eigenvalue weighted by Gasteiger charge is -2.06. The summed E-state index contributed by atoms with van der Waals surface area (Å²) in [6, 6.07) is 7.75. The molecule has 0 aliphatic rings. The normalized spacial score (nSPS) is 11.5. The Hall–Kier alpha value is -1.86. The lowest BCUT2D eigenvalue weighted by atomic mass is 10.2. The van der Waals surface area contributed by atoms with E-state index >= 15 is 0 Å². The molecule has 0 radical (unpaired) electrons. The van der Waals surface area contributed by atoms with Crippen LogP contribution in [-0.4, -0.2) is 13.4 Å². The molecule has 0 unspecified atom stereocenters. The summed E-state index contributed by atoms with van der Waals surface area (Å²) in [5, 5.41) is -0.675. The van der Waals surface area contributed by atoms with Crippen LogP contribution in [0.5, 0.6) is 0 Å². The first-order valence-corrected chi connectivity index (χ1v) is 6.82. The van der Waals surface area contributed by atoms with Crippen molar-refractivity contribution >= 4 is 10.0 Å². The summed E-state index contributed by atoms with van der Waals surface area (Å²) in [7, 11) is -4.06. The Balaban J connectivity index is 2.17. The third-order valence-corrected chi connectivity index (χ3v) is 3.67. The van der Waals surface area contributed by atoms with Gasteiger partial charge < -0.3 is 0 Å². The van der Waals surface area contributed by atoms with Crippen molar-refractivity contribution in [3.05, 3.63) is 59.8 Å². The first-order chi connectivity index (χ1) is 8.99. The SMILES string of the molecule is O=S(=O)(NCc1cccc(F)c1)c1ncccc1F. The number of benzene rings is 1. The Morgan fingerprint density at radius 1 is 1.16 bits per heavy atom. The number of nitrogens with zero attached hydrogens (tertiary/aromatic N) is 1. The van der Waals surface area contributed by atoms with Gasteiger partial charge in [0, 0.05) is 12.7 Å². The molecule has 1 aromatic carbocycles. The number of aromatic nitrogens is 1. The van der Waals surface area contributed by atoms with Gasteiger partial charge in [-0.05, 0) is 29.8 Å².